The molecule has 13 heteroatoms. The zero-order valence-electron chi connectivity index (χ0n) is 20.2. The third-order valence-corrected chi connectivity index (χ3v) is 6.57. The largest absolute Gasteiger partial charge is 0.435 e. The number of aryl methyl sites for hydroxylation is 1. The Hall–Kier alpha value is -3.61. The van der Waals surface area contributed by atoms with Crippen LogP contribution in [0.4, 0.5) is 24.7 Å². The highest BCUT2D eigenvalue weighted by Crippen LogP contribution is 2.47. The molecule has 4 bridgehead atoms. The number of fused-ring (bicyclic) bond motifs is 6. The van der Waals surface area contributed by atoms with Gasteiger partial charge in [-0.2, -0.15) is 23.4 Å². The van der Waals surface area contributed by atoms with Crippen molar-refractivity contribution >= 4 is 23.6 Å². The number of hydrogen-bond acceptors (Lipinski definition) is 6. The summed E-state index contributed by atoms with van der Waals surface area (Å²) in [5.74, 6) is 0.347. The predicted molar refractivity (Wildman–Crippen MR) is 126 cm³/mol. The number of carbonyl (C=O) groups excluding carboxylic acids is 1. The van der Waals surface area contributed by atoms with E-state index in [0.29, 0.717) is 48.9 Å². The Morgan fingerprint density at radius 3 is 2.75 bits per heavy atom. The number of amides is 1. The van der Waals surface area contributed by atoms with E-state index in [1.165, 1.54) is 17.1 Å². The standard InChI is InChI=1S/C23H27F3N8O2/c1-31-13-17-16(12-34(29-17)7-8-36-3)18-10-28-22-20(32(18)2)14(9-27-22)15-11-33(6-4-5-19(31)35)30-21(15)23(24,25)26/h9-12,18,27H,4-8,13H2,1-3H3. The van der Waals surface area contributed by atoms with Gasteiger partial charge in [-0.1, -0.05) is 0 Å². The second-order valence-corrected chi connectivity index (χ2v) is 9.03. The lowest BCUT2D eigenvalue weighted by Gasteiger charge is -2.31. The van der Waals surface area contributed by atoms with Gasteiger partial charge in [-0.15, -0.1) is 0 Å². The Morgan fingerprint density at radius 1 is 1.19 bits per heavy atom. The summed E-state index contributed by atoms with van der Waals surface area (Å²) in [5.41, 5.74) is 1.43. The number of carbonyl (C=O) groups is 1. The number of hydrogen-bond donors (Lipinski definition) is 1. The molecule has 36 heavy (non-hydrogen) atoms. The Balaban J connectivity index is 1.66. The minimum atomic E-state index is -4.64. The average Bonchev–Trinajstić information content (AvgIpc) is 3.54. The summed E-state index contributed by atoms with van der Waals surface area (Å²) in [6.07, 6.45) is 2.44. The van der Waals surface area contributed by atoms with Crippen LogP contribution in [-0.2, 0) is 35.3 Å². The monoisotopic (exact) mass is 504 g/mol. The van der Waals surface area contributed by atoms with E-state index >= 15 is 0 Å². The van der Waals surface area contributed by atoms with Crippen LogP contribution in [0.3, 0.4) is 0 Å². The van der Waals surface area contributed by atoms with E-state index in [1.807, 2.05) is 18.1 Å². The van der Waals surface area contributed by atoms with Crippen LogP contribution in [0.1, 0.15) is 35.8 Å². The first-order valence-corrected chi connectivity index (χ1v) is 11.6. The quantitative estimate of drug-likeness (QED) is 0.590. The van der Waals surface area contributed by atoms with Crippen LogP contribution in [0.25, 0.3) is 11.1 Å². The molecule has 3 aromatic rings. The Bertz CT molecular complexity index is 1310. The van der Waals surface area contributed by atoms with E-state index in [4.69, 9.17) is 9.84 Å². The van der Waals surface area contributed by atoms with Gasteiger partial charge in [-0.25, -0.2) is 4.99 Å². The first-order chi connectivity index (χ1) is 17.2. The molecular formula is C23H27F3N8O2. The van der Waals surface area contributed by atoms with Crippen molar-refractivity contribution < 1.29 is 22.7 Å². The van der Waals surface area contributed by atoms with E-state index in [2.05, 4.69) is 15.1 Å². The van der Waals surface area contributed by atoms with Crippen molar-refractivity contribution in [3.8, 4) is 11.1 Å². The molecule has 0 aromatic carbocycles. The lowest BCUT2D eigenvalue weighted by molar-refractivity contribution is -0.141. The van der Waals surface area contributed by atoms with Crippen molar-refractivity contribution in [2.45, 2.75) is 44.7 Å². The molecule has 0 radical (unpaired) electrons. The van der Waals surface area contributed by atoms with Gasteiger partial charge >= 0.3 is 6.18 Å². The molecule has 10 nitrogen and oxygen atoms in total. The van der Waals surface area contributed by atoms with Crippen LogP contribution < -0.4 is 4.90 Å². The summed E-state index contributed by atoms with van der Waals surface area (Å²) in [4.78, 5) is 23.8. The number of aliphatic imine (C=N–C) groups is 1. The fourth-order valence-corrected chi connectivity index (χ4v) is 4.72. The van der Waals surface area contributed by atoms with E-state index in [9.17, 15) is 18.0 Å². The van der Waals surface area contributed by atoms with Crippen LogP contribution in [0.15, 0.2) is 23.6 Å². The lowest BCUT2D eigenvalue weighted by Crippen LogP contribution is -2.30. The molecule has 0 spiro atoms. The molecular weight excluding hydrogens is 477 g/mol. The molecule has 2 aliphatic heterocycles. The maximum absolute atomic E-state index is 14.0. The predicted octanol–water partition coefficient (Wildman–Crippen LogP) is 3.39. The first-order valence-electron chi connectivity index (χ1n) is 11.6. The molecule has 0 fully saturated rings. The highest BCUT2D eigenvalue weighted by molar-refractivity contribution is 5.93. The van der Waals surface area contributed by atoms with Crippen LogP contribution in [0, 0.1) is 0 Å². The van der Waals surface area contributed by atoms with Crippen LogP contribution in [0.2, 0.25) is 0 Å². The molecule has 1 atom stereocenters. The van der Waals surface area contributed by atoms with Gasteiger partial charge < -0.3 is 19.5 Å². The number of aromatic nitrogens is 5. The summed E-state index contributed by atoms with van der Waals surface area (Å²) in [6.45, 7) is 1.45. The number of halogens is 3. The smallest absolute Gasteiger partial charge is 0.383 e. The molecule has 5 heterocycles. The summed E-state index contributed by atoms with van der Waals surface area (Å²) < 4.78 is 50.2. The Kier molecular flexibility index (Phi) is 6.10. The zero-order chi connectivity index (χ0) is 25.6. The number of nitrogens with zero attached hydrogens (tertiary/aromatic N) is 7. The second kappa shape index (κ2) is 9.12. The van der Waals surface area contributed by atoms with Crippen molar-refractivity contribution in [2.75, 3.05) is 32.7 Å². The fourth-order valence-electron chi connectivity index (χ4n) is 4.72. The third kappa shape index (κ3) is 4.27. The van der Waals surface area contributed by atoms with Crippen LogP contribution >= 0.6 is 0 Å². The molecule has 2 aliphatic rings. The van der Waals surface area contributed by atoms with Gasteiger partial charge in [0, 0.05) is 75.7 Å². The second-order valence-electron chi connectivity index (χ2n) is 9.03. The number of ether oxygens (including phenoxy) is 1. The van der Waals surface area contributed by atoms with Gasteiger partial charge in [0.25, 0.3) is 0 Å². The minimum absolute atomic E-state index is 0.0305. The summed E-state index contributed by atoms with van der Waals surface area (Å²) in [6, 6.07) is -0.406. The molecule has 1 unspecified atom stereocenters. The van der Waals surface area contributed by atoms with E-state index in [-0.39, 0.29) is 24.4 Å². The molecule has 1 N–H and O–H groups in total. The highest BCUT2D eigenvalue weighted by Gasteiger charge is 2.40. The summed E-state index contributed by atoms with van der Waals surface area (Å²) in [5, 5.41) is 8.55. The lowest BCUT2D eigenvalue weighted by atomic mass is 10.0. The number of aromatic amines is 1. The Morgan fingerprint density at radius 2 is 2.00 bits per heavy atom. The van der Waals surface area contributed by atoms with Gasteiger partial charge in [-0.05, 0) is 6.42 Å². The number of nitrogens with one attached hydrogen (secondary N) is 1. The number of anilines is 1. The minimum Gasteiger partial charge on any atom is -0.383 e. The maximum atomic E-state index is 14.0. The maximum Gasteiger partial charge on any atom is 0.435 e. The zero-order valence-corrected chi connectivity index (χ0v) is 20.2. The molecule has 1 amide bonds. The molecule has 3 aromatic heterocycles. The normalized spacial score (nSPS) is 18.3. The van der Waals surface area contributed by atoms with Gasteiger partial charge in [0.2, 0.25) is 5.91 Å². The summed E-state index contributed by atoms with van der Waals surface area (Å²) in [7, 11) is 5.12. The number of methoxy groups -OCH3 is 1. The third-order valence-electron chi connectivity index (χ3n) is 6.57. The number of alkyl halides is 3. The van der Waals surface area contributed by atoms with E-state index in [1.54, 1.807) is 30.0 Å². The average molecular weight is 505 g/mol. The molecule has 192 valence electrons. The fraction of sp³-hybridized carbons (Fsp3) is 0.478. The highest BCUT2D eigenvalue weighted by atomic mass is 19.4. The van der Waals surface area contributed by atoms with Crippen molar-refractivity contribution in [1.29, 1.82) is 0 Å². The topological polar surface area (TPSA) is 96.6 Å². The van der Waals surface area contributed by atoms with Crippen molar-refractivity contribution in [2.24, 2.45) is 4.99 Å². The molecule has 5 rings (SSSR count). The van der Waals surface area contributed by atoms with E-state index in [0.717, 1.165) is 5.56 Å². The van der Waals surface area contributed by atoms with Gasteiger partial charge in [0.05, 0.1) is 37.1 Å². The Labute approximate surface area is 205 Å². The number of rotatable bonds is 3. The molecule has 0 aliphatic carbocycles. The van der Waals surface area contributed by atoms with Crippen molar-refractivity contribution in [3.63, 3.8) is 0 Å². The summed E-state index contributed by atoms with van der Waals surface area (Å²) >= 11 is 0. The van der Waals surface area contributed by atoms with Gasteiger partial charge in [0.1, 0.15) is 0 Å². The van der Waals surface area contributed by atoms with Crippen molar-refractivity contribution in [1.82, 2.24) is 29.4 Å². The van der Waals surface area contributed by atoms with Crippen LogP contribution in [-0.4, -0.2) is 69.4 Å². The van der Waals surface area contributed by atoms with Gasteiger partial charge in [0.15, 0.2) is 11.5 Å². The number of H-pyrrole nitrogens is 1. The van der Waals surface area contributed by atoms with Crippen LogP contribution in [0.5, 0.6) is 0 Å². The van der Waals surface area contributed by atoms with Crippen molar-refractivity contribution in [3.05, 3.63) is 35.5 Å². The first kappa shape index (κ1) is 24.1. The molecule has 0 saturated heterocycles. The van der Waals surface area contributed by atoms with Gasteiger partial charge in [-0.3, -0.25) is 14.2 Å². The van der Waals surface area contributed by atoms with E-state index < -0.39 is 17.9 Å². The SMILES string of the molecule is COCCn1cc2c(n1)CN(C)C(=O)CCCn1cc(c(C(F)(F)F)n1)-c1c[nH]c3c1N(C)C2C=N3. The molecule has 0 saturated carbocycles.